The summed E-state index contributed by atoms with van der Waals surface area (Å²) in [5.41, 5.74) is 13.2. The molecule has 0 aliphatic heterocycles. The molecule has 9 aromatic rings. The SMILES string of the molecule is CCOP(C)(=O)C(C(=O)N/C=C/c1ccccc1N)c1csc2ccc(Cl)cc12.CCOP(C)(=O)C(C(=O)N/C=C/c1ccccc1[N+](=O)[O-])c1csc2ccc(Cl)cc12.CP(=O)(O)C(C(=O)N/C=C/c1ccccc1N)c1csc2ccc(Cl)cc12.C[Si](C)(C)Br.N.N#N. The maximum atomic E-state index is 13.3. The normalized spacial score (nSPS) is 14.1. The Bertz CT molecular complexity index is 4420. The van der Waals surface area contributed by atoms with Gasteiger partial charge in [0.25, 0.3) is 5.69 Å². The van der Waals surface area contributed by atoms with Crippen molar-refractivity contribution in [1.82, 2.24) is 22.1 Å². The van der Waals surface area contributed by atoms with Gasteiger partial charge in [0, 0.05) is 96.0 Å². The summed E-state index contributed by atoms with van der Waals surface area (Å²) >= 11 is 26.2. The molecular weight excluding hydrogens is 1470 g/mol. The molecule has 0 spiro atoms. The van der Waals surface area contributed by atoms with E-state index >= 15 is 0 Å². The van der Waals surface area contributed by atoms with E-state index in [1.807, 2.05) is 53.9 Å². The molecule has 6 unspecified atom stereocenters. The topological polar surface area (TPSA) is 355 Å². The number of carbonyl (C=O) groups excluding carboxylic acids is 3. The van der Waals surface area contributed by atoms with Gasteiger partial charge in [-0.05, 0) is 165 Å². The maximum Gasteiger partial charge on any atom is 0.276 e. The highest BCUT2D eigenvalue weighted by atomic mass is 79.9. The second kappa shape index (κ2) is 37.2. The summed E-state index contributed by atoms with van der Waals surface area (Å²) in [5.74, 6) is -1.50. The monoisotopic (exact) mass is 1540 g/mol. The number of nitrogens with one attached hydrogen (secondary N) is 3. The molecule has 9 rings (SSSR count). The number of benzene rings is 6. The Kier molecular flexibility index (Phi) is 31.6. The molecule has 3 heterocycles. The van der Waals surface area contributed by atoms with Crippen molar-refractivity contribution in [3.63, 3.8) is 0 Å². The van der Waals surface area contributed by atoms with E-state index < -0.39 is 68.4 Å². The van der Waals surface area contributed by atoms with E-state index in [2.05, 4.69) is 50.9 Å². The van der Waals surface area contributed by atoms with Gasteiger partial charge < -0.3 is 47.5 Å². The van der Waals surface area contributed by atoms with Crippen molar-refractivity contribution in [3.8, 4) is 0 Å². The summed E-state index contributed by atoms with van der Waals surface area (Å²) in [6, 6.07) is 36.8. The van der Waals surface area contributed by atoms with E-state index in [0.717, 1.165) is 36.0 Å². The van der Waals surface area contributed by atoms with Crippen molar-refractivity contribution in [3.05, 3.63) is 221 Å². The quantitative estimate of drug-likeness (QED) is 0.00709. The molecule has 3 amide bonds. The molecule has 3 aromatic heterocycles. The number of thiophene rings is 3. The fraction of sp³-hybridized carbons (Fsp3) is 0.203. The van der Waals surface area contributed by atoms with Crippen molar-refractivity contribution in [2.75, 3.05) is 44.7 Å². The molecule has 6 aromatic carbocycles. The Morgan fingerprint density at radius 1 is 0.589 bits per heavy atom. The minimum atomic E-state index is -3.77. The number of nitro benzene ring substituents is 1. The number of nitro groups is 1. The fourth-order valence-corrected chi connectivity index (χ4v) is 17.9. The van der Waals surface area contributed by atoms with Crippen LogP contribution in [0, 0.1) is 20.9 Å². The van der Waals surface area contributed by atoms with Gasteiger partial charge >= 0.3 is 0 Å². The summed E-state index contributed by atoms with van der Waals surface area (Å²) in [4.78, 5) is 59.8. The van der Waals surface area contributed by atoms with Crippen LogP contribution in [-0.2, 0) is 37.1 Å². The molecule has 504 valence electrons. The van der Waals surface area contributed by atoms with Crippen LogP contribution < -0.4 is 33.6 Å². The van der Waals surface area contributed by atoms with Crippen molar-refractivity contribution in [1.29, 1.82) is 10.8 Å². The highest BCUT2D eigenvalue weighted by molar-refractivity contribution is 9.26. The van der Waals surface area contributed by atoms with E-state index in [9.17, 15) is 43.1 Å². The zero-order chi connectivity index (χ0) is 69.7. The third kappa shape index (κ3) is 23.6. The van der Waals surface area contributed by atoms with Crippen molar-refractivity contribution < 1.29 is 46.9 Å². The van der Waals surface area contributed by atoms with E-state index in [4.69, 9.17) is 66.1 Å². The van der Waals surface area contributed by atoms with Crippen LogP contribution in [0.3, 0.4) is 0 Å². The Hall–Kier alpha value is -6.65. The number of nitrogen functional groups attached to an aromatic ring is 2. The Morgan fingerprint density at radius 2 is 0.884 bits per heavy atom. The number of para-hydroxylation sites is 3. The van der Waals surface area contributed by atoms with Crippen LogP contribution in [0.25, 0.3) is 48.5 Å². The number of halogens is 4. The Morgan fingerprint density at radius 3 is 1.20 bits per heavy atom. The largest absolute Gasteiger partial charge is 0.398 e. The third-order valence-electron chi connectivity index (χ3n) is 13.1. The number of hydrogen-bond acceptors (Lipinski definition) is 18. The molecule has 0 saturated carbocycles. The van der Waals surface area contributed by atoms with Crippen LogP contribution >= 0.6 is 106 Å². The molecule has 6 atom stereocenters. The Balaban J connectivity index is 0.000000288. The molecule has 0 saturated heterocycles. The lowest BCUT2D eigenvalue weighted by atomic mass is 10.1. The molecule has 0 aliphatic rings. The van der Waals surface area contributed by atoms with Crippen LogP contribution in [0.5, 0.6) is 0 Å². The zero-order valence-corrected chi connectivity index (χ0v) is 62.8. The molecule has 0 fully saturated rings. The molecule has 0 aliphatic carbocycles. The second-order valence-corrected chi connectivity index (χ2v) is 44.4. The van der Waals surface area contributed by atoms with Gasteiger partial charge in [-0.2, -0.15) is 0 Å². The van der Waals surface area contributed by atoms with E-state index in [1.165, 1.54) is 84.7 Å². The van der Waals surface area contributed by atoms with Gasteiger partial charge in [0.05, 0.1) is 23.7 Å². The summed E-state index contributed by atoms with van der Waals surface area (Å²) in [5, 5.41) is 40.3. The number of anilines is 2. The van der Waals surface area contributed by atoms with Crippen molar-refractivity contribution >= 4 is 196 Å². The van der Waals surface area contributed by atoms with Crippen LogP contribution in [0.1, 0.15) is 64.2 Å². The lowest BCUT2D eigenvalue weighted by Gasteiger charge is -2.22. The molecule has 20 nitrogen and oxygen atoms in total. The summed E-state index contributed by atoms with van der Waals surface area (Å²) < 4.78 is 52.9. The first-order valence-corrected chi connectivity index (χ1v) is 44.3. The van der Waals surface area contributed by atoms with E-state index in [-0.39, 0.29) is 25.1 Å². The number of carbonyl (C=O) groups is 3. The van der Waals surface area contributed by atoms with Crippen molar-refractivity contribution in [2.45, 2.75) is 50.5 Å². The number of rotatable bonds is 20. The van der Waals surface area contributed by atoms with Crippen LogP contribution in [0.15, 0.2) is 162 Å². The van der Waals surface area contributed by atoms with Gasteiger partial charge in [-0.25, -0.2) is 0 Å². The number of nitrogens with zero attached hydrogens (tertiary/aromatic N) is 3. The molecule has 31 heteroatoms. The first-order valence-electron chi connectivity index (χ1n) is 28.3. The number of amides is 3. The molecule has 11 N–H and O–H groups in total. The van der Waals surface area contributed by atoms with Gasteiger partial charge in [-0.1, -0.05) is 103 Å². The standard InChI is InChI=1S/C21H20ClN2O5PS.C21H22ClN2O3PS.C19H18ClN2O3PS.C3H9BrSi.N2.H3N/c1-3-29-30(2,28)20(17-13-31-19-9-8-15(22)12-16(17)19)21(25)23-11-10-14-6-4-5-7-18(14)24(26)27;1-3-27-28(2,26)20(17-13-29-19-9-8-15(22)12-16(17)19)21(25)24-11-10-14-6-4-5-7-18(14)23;1-26(24,25)18(15-11-27-17-7-6-13(20)10-14(15)17)19(23)22-9-8-12-4-2-3-5-16(12)21;1-5(2,3)4;1-2;/h4-13,20H,3H2,1-2H3,(H,23,25);4-13,20H,3,23H2,1-2H3,(H,24,25);2-11,18H,21H2,1H3,(H,22,23)(H,24,25);1-3H3;;1H3/b2*11-10+;9-8+;;;. The third-order valence-corrected chi connectivity index (χ3v) is 22.7. The van der Waals surface area contributed by atoms with E-state index in [0.29, 0.717) is 54.1 Å². The smallest absolute Gasteiger partial charge is 0.276 e. The van der Waals surface area contributed by atoms with Crippen LogP contribution in [-0.4, -0.2) is 67.4 Å². The summed E-state index contributed by atoms with van der Waals surface area (Å²) in [7, 11) is -10.5. The van der Waals surface area contributed by atoms with Gasteiger partial charge in [0.2, 0.25) is 39.8 Å². The lowest BCUT2D eigenvalue weighted by Crippen LogP contribution is -2.25. The summed E-state index contributed by atoms with van der Waals surface area (Å²) in [6.07, 6.45) is 9.02. The molecule has 95 heavy (non-hydrogen) atoms. The van der Waals surface area contributed by atoms with Gasteiger partial charge in [-0.15, -0.1) is 49.3 Å². The maximum absolute atomic E-state index is 13.3. The first-order chi connectivity index (χ1) is 44.3. The average Bonchev–Trinajstić information content (AvgIpc) is 1.69. The number of fused-ring (bicyclic) bond motifs is 3. The molecule has 0 bridgehead atoms. The minimum absolute atomic E-state index is 0. The first kappa shape index (κ1) is 80.8. The average molecular weight is 1550 g/mol. The van der Waals surface area contributed by atoms with Crippen LogP contribution in [0.4, 0.5) is 17.1 Å². The lowest BCUT2D eigenvalue weighted by molar-refractivity contribution is -0.385. The van der Waals surface area contributed by atoms with Crippen molar-refractivity contribution in [2.24, 2.45) is 0 Å². The molecule has 0 radical (unpaired) electrons. The van der Waals surface area contributed by atoms with Gasteiger partial charge in [0.1, 0.15) is 23.7 Å². The number of hydrogen-bond donors (Lipinski definition) is 7. The molecular formula is C64H72BrCl3N9O11P3S3Si. The number of nitrogens with two attached hydrogens (primary N) is 2. The zero-order valence-electron chi connectivity index (χ0n) is 52.8. The van der Waals surface area contributed by atoms with E-state index in [1.54, 1.807) is 110 Å². The minimum Gasteiger partial charge on any atom is -0.398 e. The van der Waals surface area contributed by atoms with Crippen LogP contribution in [0.2, 0.25) is 34.7 Å². The summed E-state index contributed by atoms with van der Waals surface area (Å²) in [6.45, 7) is 13.9. The van der Waals surface area contributed by atoms with Gasteiger partial charge in [-0.3, -0.25) is 38.2 Å². The fourth-order valence-electron chi connectivity index (χ4n) is 9.19. The highest BCUT2D eigenvalue weighted by Gasteiger charge is 2.40. The predicted molar refractivity (Wildman–Crippen MR) is 402 cm³/mol. The van der Waals surface area contributed by atoms with Gasteiger partial charge in [0.15, 0.2) is 0 Å². The highest BCUT2D eigenvalue weighted by Crippen LogP contribution is 2.60. The predicted octanol–water partition coefficient (Wildman–Crippen LogP) is 19.4. The second-order valence-electron chi connectivity index (χ2n) is 21.5. The Labute approximate surface area is 587 Å².